The van der Waals surface area contributed by atoms with E-state index in [4.69, 9.17) is 5.73 Å². The Hall–Kier alpha value is -3.89. The summed E-state index contributed by atoms with van der Waals surface area (Å²) in [6.07, 6.45) is -0.572. The van der Waals surface area contributed by atoms with Crippen molar-refractivity contribution < 1.29 is 22.4 Å². The third kappa shape index (κ3) is 3.27. The molecule has 1 aromatic carbocycles. The summed E-state index contributed by atoms with van der Waals surface area (Å²) in [5, 5.41) is 0. The zero-order chi connectivity index (χ0) is 22.3. The van der Waals surface area contributed by atoms with Gasteiger partial charge in [0, 0.05) is 36.8 Å². The third-order valence-corrected chi connectivity index (χ3v) is 4.98. The Balaban J connectivity index is 1.96. The van der Waals surface area contributed by atoms with E-state index >= 15 is 0 Å². The van der Waals surface area contributed by atoms with Crippen LogP contribution in [0.3, 0.4) is 0 Å². The van der Waals surface area contributed by atoms with Gasteiger partial charge in [-0.3, -0.25) is 14.7 Å². The van der Waals surface area contributed by atoms with E-state index in [-0.39, 0.29) is 28.2 Å². The van der Waals surface area contributed by atoms with Gasteiger partial charge in [-0.2, -0.15) is 4.39 Å². The molecule has 7 nitrogen and oxygen atoms in total. The van der Waals surface area contributed by atoms with Crippen LogP contribution in [0.15, 0.2) is 53.9 Å². The van der Waals surface area contributed by atoms with Crippen molar-refractivity contribution in [1.82, 2.24) is 19.9 Å². The summed E-state index contributed by atoms with van der Waals surface area (Å²) >= 11 is 0. The summed E-state index contributed by atoms with van der Waals surface area (Å²) in [7, 11) is 1.39. The van der Waals surface area contributed by atoms with Gasteiger partial charge in [-0.05, 0) is 35.4 Å². The molecule has 0 spiro atoms. The number of carbonyl (C=O) groups excluding carboxylic acids is 1. The highest BCUT2D eigenvalue weighted by atomic mass is 19.3. The van der Waals surface area contributed by atoms with E-state index in [1.165, 1.54) is 25.2 Å². The van der Waals surface area contributed by atoms with Crippen LogP contribution >= 0.6 is 0 Å². The Morgan fingerprint density at radius 1 is 1.03 bits per heavy atom. The fourth-order valence-electron chi connectivity index (χ4n) is 3.40. The predicted molar refractivity (Wildman–Crippen MR) is 102 cm³/mol. The lowest BCUT2D eigenvalue weighted by Gasteiger charge is -2.27. The Labute approximate surface area is 173 Å². The number of halogens is 4. The maximum atomic E-state index is 14.6. The van der Waals surface area contributed by atoms with E-state index in [0.717, 1.165) is 35.6 Å². The Morgan fingerprint density at radius 2 is 1.71 bits per heavy atom. The number of hydrogen-bond acceptors (Lipinski definition) is 6. The van der Waals surface area contributed by atoms with Crippen molar-refractivity contribution >= 4 is 11.9 Å². The maximum absolute atomic E-state index is 14.6. The molecule has 2 N–H and O–H groups in total. The van der Waals surface area contributed by atoms with Crippen LogP contribution in [0.25, 0.3) is 11.1 Å². The van der Waals surface area contributed by atoms with Crippen LogP contribution in [0.1, 0.15) is 23.2 Å². The lowest BCUT2D eigenvalue weighted by atomic mass is 9.82. The number of amides is 1. The van der Waals surface area contributed by atoms with E-state index in [1.807, 2.05) is 0 Å². The molecule has 1 aliphatic rings. The van der Waals surface area contributed by atoms with Crippen LogP contribution in [0.2, 0.25) is 0 Å². The highest BCUT2D eigenvalue weighted by Crippen LogP contribution is 2.41. The number of nitrogens with two attached hydrogens (primary N) is 1. The van der Waals surface area contributed by atoms with E-state index in [0.29, 0.717) is 0 Å². The number of carbonyl (C=O) groups is 1. The van der Waals surface area contributed by atoms with Crippen LogP contribution in [-0.2, 0) is 10.3 Å². The van der Waals surface area contributed by atoms with E-state index in [9.17, 15) is 22.4 Å². The highest BCUT2D eigenvalue weighted by Gasteiger charge is 2.50. The van der Waals surface area contributed by atoms with Crippen molar-refractivity contribution in [3.63, 3.8) is 0 Å². The van der Waals surface area contributed by atoms with Crippen LogP contribution < -0.4 is 5.73 Å². The van der Waals surface area contributed by atoms with Gasteiger partial charge >= 0.3 is 6.08 Å². The summed E-state index contributed by atoms with van der Waals surface area (Å²) in [4.78, 5) is 29.1. The molecule has 1 amide bonds. The number of aliphatic imine (C=N–C) groups is 1. The number of alkyl halides is 2. The van der Waals surface area contributed by atoms with E-state index < -0.39 is 35.5 Å². The number of nitrogens with zero attached hydrogens (tertiary/aromatic N) is 5. The second-order valence-corrected chi connectivity index (χ2v) is 6.75. The smallest absolute Gasteiger partial charge is 0.308 e. The molecule has 4 rings (SSSR count). The Bertz CT molecular complexity index is 1200. The number of pyridine rings is 1. The Kier molecular flexibility index (Phi) is 4.88. The van der Waals surface area contributed by atoms with Gasteiger partial charge in [-0.15, -0.1) is 0 Å². The number of benzene rings is 1. The van der Waals surface area contributed by atoms with Crippen molar-refractivity contribution in [3.05, 3.63) is 77.6 Å². The monoisotopic (exact) mass is 430 g/mol. The second kappa shape index (κ2) is 7.42. The van der Waals surface area contributed by atoms with Gasteiger partial charge in [0.2, 0.25) is 0 Å². The molecule has 158 valence electrons. The predicted octanol–water partition coefficient (Wildman–Crippen LogP) is 2.78. The average Bonchev–Trinajstić information content (AvgIpc) is 3.00. The maximum Gasteiger partial charge on any atom is 0.308 e. The number of guanidine groups is 1. The van der Waals surface area contributed by atoms with E-state index in [2.05, 4.69) is 19.9 Å². The van der Waals surface area contributed by atoms with Gasteiger partial charge in [0.1, 0.15) is 11.5 Å². The average molecular weight is 430 g/mol. The third-order valence-electron chi connectivity index (χ3n) is 4.98. The Morgan fingerprint density at radius 3 is 2.32 bits per heavy atom. The van der Waals surface area contributed by atoms with Crippen LogP contribution in [-0.4, -0.2) is 38.8 Å². The van der Waals surface area contributed by atoms with Crippen molar-refractivity contribution in [2.45, 2.75) is 12.0 Å². The first kappa shape index (κ1) is 20.4. The van der Waals surface area contributed by atoms with Crippen LogP contribution in [0.4, 0.5) is 17.6 Å². The minimum Gasteiger partial charge on any atom is -0.369 e. The number of rotatable bonds is 4. The van der Waals surface area contributed by atoms with Gasteiger partial charge < -0.3 is 5.73 Å². The van der Waals surface area contributed by atoms with Crippen molar-refractivity contribution in [2.75, 3.05) is 7.05 Å². The summed E-state index contributed by atoms with van der Waals surface area (Å²) in [6.45, 7) is 0. The SMILES string of the molecule is CN1C(=O)C(c2ccnc(C(F)F)c2)(c2ccc(F)c(-c3cnc(F)nc3)c2)N=C1N. The number of hydrogen-bond donors (Lipinski definition) is 1. The molecule has 0 bridgehead atoms. The number of likely N-dealkylation sites (N-methyl/N-ethyl adjacent to an activating group) is 1. The molecule has 1 aliphatic heterocycles. The zero-order valence-corrected chi connectivity index (χ0v) is 15.9. The fourth-order valence-corrected chi connectivity index (χ4v) is 3.40. The lowest BCUT2D eigenvalue weighted by Crippen LogP contribution is -2.41. The first-order valence-corrected chi connectivity index (χ1v) is 8.90. The fraction of sp³-hybridized carbons (Fsp3) is 0.150. The molecule has 3 aromatic rings. The van der Waals surface area contributed by atoms with Crippen LogP contribution in [0.5, 0.6) is 0 Å². The van der Waals surface area contributed by atoms with Gasteiger partial charge in [0.15, 0.2) is 11.5 Å². The van der Waals surface area contributed by atoms with Gasteiger partial charge in [-0.25, -0.2) is 28.1 Å². The molecule has 2 aromatic heterocycles. The molecule has 0 radical (unpaired) electrons. The summed E-state index contributed by atoms with van der Waals surface area (Å²) in [5.74, 6) is -1.45. The first-order valence-electron chi connectivity index (χ1n) is 8.90. The molecule has 0 saturated carbocycles. The molecule has 31 heavy (non-hydrogen) atoms. The molecule has 0 fully saturated rings. The van der Waals surface area contributed by atoms with Gasteiger partial charge in [0.25, 0.3) is 12.3 Å². The zero-order valence-electron chi connectivity index (χ0n) is 15.9. The molecule has 0 aliphatic carbocycles. The summed E-state index contributed by atoms with van der Waals surface area (Å²) < 4.78 is 54.2. The van der Waals surface area contributed by atoms with Crippen LogP contribution in [0, 0.1) is 11.9 Å². The van der Waals surface area contributed by atoms with E-state index in [1.54, 1.807) is 0 Å². The minimum atomic E-state index is -2.88. The summed E-state index contributed by atoms with van der Waals surface area (Å²) in [5.41, 5.74) is 3.84. The molecular weight excluding hydrogens is 416 g/mol. The molecule has 1 atom stereocenters. The second-order valence-electron chi connectivity index (χ2n) is 6.75. The lowest BCUT2D eigenvalue weighted by molar-refractivity contribution is -0.129. The quantitative estimate of drug-likeness (QED) is 0.507. The summed E-state index contributed by atoms with van der Waals surface area (Å²) in [6, 6.07) is 6.12. The van der Waals surface area contributed by atoms with Crippen molar-refractivity contribution in [3.8, 4) is 11.1 Å². The van der Waals surface area contributed by atoms with Crippen molar-refractivity contribution in [2.24, 2.45) is 10.7 Å². The largest absolute Gasteiger partial charge is 0.369 e. The number of aromatic nitrogens is 3. The molecular formula is C20H14F4N6O. The minimum absolute atomic E-state index is 0.0314. The molecule has 0 saturated heterocycles. The highest BCUT2D eigenvalue weighted by molar-refractivity contribution is 6.09. The topological polar surface area (TPSA) is 97.4 Å². The normalized spacial score (nSPS) is 18.6. The molecule has 1 unspecified atom stereocenters. The molecule has 3 heterocycles. The van der Waals surface area contributed by atoms with Gasteiger partial charge in [-0.1, -0.05) is 6.07 Å². The van der Waals surface area contributed by atoms with Gasteiger partial charge in [0.05, 0.1) is 0 Å². The first-order chi connectivity index (χ1) is 14.7. The van der Waals surface area contributed by atoms with Crippen molar-refractivity contribution in [1.29, 1.82) is 0 Å². The molecule has 11 heteroatoms. The standard InChI is InChI=1S/C20H14F4N6O/c1-30-17(31)20(29-19(30)25,12-4-5-26-15(7-12)16(22)23)11-2-3-14(21)13(6-11)10-8-27-18(24)28-9-10/h2-9,16H,1H3,(H2,25,29).